The summed E-state index contributed by atoms with van der Waals surface area (Å²) in [7, 11) is 1.90. The summed E-state index contributed by atoms with van der Waals surface area (Å²) in [4.78, 5) is 0. The second-order valence-electron chi connectivity index (χ2n) is 6.34. The van der Waals surface area contributed by atoms with Crippen molar-refractivity contribution in [1.82, 2.24) is 0 Å². The van der Waals surface area contributed by atoms with E-state index in [1.54, 1.807) is 0 Å². The van der Waals surface area contributed by atoms with E-state index in [0.29, 0.717) is 12.0 Å². The highest BCUT2D eigenvalue weighted by molar-refractivity contribution is 8.13. The minimum Gasteiger partial charge on any atom is -0.377 e. The van der Waals surface area contributed by atoms with E-state index in [2.05, 4.69) is 13.8 Å². The minimum absolute atomic E-state index is 0.0328. The largest absolute Gasteiger partial charge is 0.377 e. The zero-order chi connectivity index (χ0) is 12.7. The maximum atomic E-state index is 11.2. The predicted molar refractivity (Wildman–Crippen MR) is 68.7 cm³/mol. The topological polar surface area (TPSA) is 43.4 Å². The number of rotatable bonds is 2. The Morgan fingerprint density at radius 1 is 1.18 bits per heavy atom. The monoisotopic (exact) mass is 280 g/mol. The Morgan fingerprint density at radius 3 is 2.29 bits per heavy atom. The normalized spacial score (nSPS) is 31.8. The van der Waals surface area contributed by atoms with Crippen LogP contribution in [-0.2, 0) is 13.8 Å². The molecule has 0 aromatic carbocycles. The summed E-state index contributed by atoms with van der Waals surface area (Å²) in [6.45, 7) is 5.24. The minimum atomic E-state index is -3.46. The van der Waals surface area contributed by atoms with Gasteiger partial charge in [-0.05, 0) is 42.9 Å². The molecule has 0 N–H and O–H groups in total. The van der Waals surface area contributed by atoms with Crippen LogP contribution in [0.1, 0.15) is 46.0 Å². The lowest BCUT2D eigenvalue weighted by Crippen LogP contribution is -2.40. The molecule has 1 spiro atoms. The van der Waals surface area contributed by atoms with Crippen molar-refractivity contribution in [1.29, 1.82) is 0 Å². The van der Waals surface area contributed by atoms with E-state index >= 15 is 0 Å². The standard InChI is InChI=1S/C12H21ClO3S/c1-11(2)3-5-12(6-4-11)7-8-16-10(12)9-17(13,14)15/h10H,3-9H2,1-2H3. The fourth-order valence-electron chi connectivity index (χ4n) is 3.14. The second kappa shape index (κ2) is 4.39. The maximum absolute atomic E-state index is 11.2. The average molecular weight is 281 g/mol. The molecule has 0 bridgehead atoms. The third kappa shape index (κ3) is 3.15. The van der Waals surface area contributed by atoms with E-state index in [0.717, 1.165) is 32.1 Å². The molecule has 1 saturated carbocycles. The van der Waals surface area contributed by atoms with Crippen LogP contribution in [0.5, 0.6) is 0 Å². The molecular weight excluding hydrogens is 260 g/mol. The van der Waals surface area contributed by atoms with Crippen LogP contribution in [0.15, 0.2) is 0 Å². The lowest BCUT2D eigenvalue weighted by Gasteiger charge is -2.43. The summed E-state index contributed by atoms with van der Waals surface area (Å²) in [5, 5.41) is 0. The molecule has 0 aromatic heterocycles. The van der Waals surface area contributed by atoms with E-state index in [4.69, 9.17) is 15.4 Å². The molecule has 0 aromatic rings. The first-order valence-corrected chi connectivity index (χ1v) is 8.74. The van der Waals surface area contributed by atoms with Crippen LogP contribution in [0.25, 0.3) is 0 Å². The third-order valence-corrected chi connectivity index (χ3v) is 5.63. The zero-order valence-electron chi connectivity index (χ0n) is 10.5. The zero-order valence-corrected chi connectivity index (χ0v) is 12.1. The number of hydrogen-bond donors (Lipinski definition) is 0. The first-order chi connectivity index (χ1) is 7.73. The summed E-state index contributed by atoms with van der Waals surface area (Å²) in [6.07, 6.45) is 5.22. The van der Waals surface area contributed by atoms with Crippen molar-refractivity contribution >= 4 is 19.7 Å². The Hall–Kier alpha value is 0.200. The van der Waals surface area contributed by atoms with Gasteiger partial charge < -0.3 is 4.74 Å². The molecule has 1 aliphatic heterocycles. The van der Waals surface area contributed by atoms with Crippen LogP contribution in [0.4, 0.5) is 0 Å². The van der Waals surface area contributed by atoms with Gasteiger partial charge in [-0.3, -0.25) is 0 Å². The highest BCUT2D eigenvalue weighted by Crippen LogP contribution is 2.52. The van der Waals surface area contributed by atoms with Crippen molar-refractivity contribution in [3.8, 4) is 0 Å². The fraction of sp³-hybridized carbons (Fsp3) is 1.00. The molecule has 2 fully saturated rings. The molecule has 1 aliphatic carbocycles. The van der Waals surface area contributed by atoms with Gasteiger partial charge >= 0.3 is 0 Å². The first kappa shape index (κ1) is 13.6. The lowest BCUT2D eigenvalue weighted by molar-refractivity contribution is 0.0196. The molecule has 100 valence electrons. The van der Waals surface area contributed by atoms with E-state index in [-0.39, 0.29) is 17.3 Å². The van der Waals surface area contributed by atoms with Gasteiger partial charge in [-0.15, -0.1) is 0 Å². The molecule has 2 aliphatic rings. The molecule has 17 heavy (non-hydrogen) atoms. The molecule has 1 saturated heterocycles. The average Bonchev–Trinajstić information content (AvgIpc) is 2.53. The van der Waals surface area contributed by atoms with Gasteiger partial charge in [0.15, 0.2) is 0 Å². The van der Waals surface area contributed by atoms with Gasteiger partial charge in [0.2, 0.25) is 9.05 Å². The second-order valence-corrected chi connectivity index (χ2v) is 9.16. The van der Waals surface area contributed by atoms with Crippen LogP contribution < -0.4 is 0 Å². The summed E-state index contributed by atoms with van der Waals surface area (Å²) in [6, 6.07) is 0. The number of ether oxygens (including phenoxy) is 1. The van der Waals surface area contributed by atoms with E-state index < -0.39 is 9.05 Å². The van der Waals surface area contributed by atoms with E-state index in [9.17, 15) is 8.42 Å². The molecule has 1 unspecified atom stereocenters. The summed E-state index contributed by atoms with van der Waals surface area (Å²) >= 11 is 0. The van der Waals surface area contributed by atoms with Gasteiger partial charge in [0, 0.05) is 17.3 Å². The Bertz CT molecular complexity index is 379. The van der Waals surface area contributed by atoms with Crippen molar-refractivity contribution in [2.75, 3.05) is 12.4 Å². The molecule has 5 heteroatoms. The van der Waals surface area contributed by atoms with Crippen molar-refractivity contribution in [3.63, 3.8) is 0 Å². The Morgan fingerprint density at radius 2 is 1.76 bits per heavy atom. The molecule has 2 rings (SSSR count). The van der Waals surface area contributed by atoms with Gasteiger partial charge in [-0.1, -0.05) is 13.8 Å². The van der Waals surface area contributed by atoms with Crippen LogP contribution in [0.2, 0.25) is 0 Å². The van der Waals surface area contributed by atoms with Crippen molar-refractivity contribution < 1.29 is 13.2 Å². The van der Waals surface area contributed by atoms with Gasteiger partial charge in [-0.2, -0.15) is 0 Å². The van der Waals surface area contributed by atoms with Gasteiger partial charge in [0.25, 0.3) is 0 Å². The Labute approximate surface area is 108 Å². The number of halogens is 1. The summed E-state index contributed by atoms with van der Waals surface area (Å²) in [5.74, 6) is -0.0328. The highest BCUT2D eigenvalue weighted by atomic mass is 35.7. The maximum Gasteiger partial charge on any atom is 0.235 e. The Balaban J connectivity index is 2.09. The lowest BCUT2D eigenvalue weighted by atomic mass is 9.62. The number of hydrogen-bond acceptors (Lipinski definition) is 3. The predicted octanol–water partition coefficient (Wildman–Crippen LogP) is 2.93. The van der Waals surface area contributed by atoms with Crippen molar-refractivity contribution in [2.45, 2.75) is 52.1 Å². The molecular formula is C12H21ClO3S. The smallest absolute Gasteiger partial charge is 0.235 e. The van der Waals surface area contributed by atoms with Crippen LogP contribution in [0, 0.1) is 10.8 Å². The van der Waals surface area contributed by atoms with Crippen LogP contribution in [-0.4, -0.2) is 26.9 Å². The van der Waals surface area contributed by atoms with Crippen molar-refractivity contribution in [2.24, 2.45) is 10.8 Å². The molecule has 3 nitrogen and oxygen atoms in total. The van der Waals surface area contributed by atoms with E-state index in [1.165, 1.54) is 0 Å². The third-order valence-electron chi connectivity index (χ3n) is 4.55. The highest BCUT2D eigenvalue weighted by Gasteiger charge is 2.48. The first-order valence-electron chi connectivity index (χ1n) is 6.27. The van der Waals surface area contributed by atoms with Gasteiger partial charge in [0.1, 0.15) is 0 Å². The van der Waals surface area contributed by atoms with Crippen LogP contribution >= 0.6 is 10.7 Å². The quantitative estimate of drug-likeness (QED) is 0.731. The molecule has 0 radical (unpaired) electrons. The molecule has 0 amide bonds. The molecule has 1 heterocycles. The van der Waals surface area contributed by atoms with E-state index in [1.807, 2.05) is 0 Å². The Kier molecular flexibility index (Phi) is 3.52. The molecule has 1 atom stereocenters. The SMILES string of the molecule is CC1(C)CCC2(CCOC2CS(=O)(=O)Cl)CC1. The van der Waals surface area contributed by atoms with Crippen molar-refractivity contribution in [3.05, 3.63) is 0 Å². The fourth-order valence-corrected chi connectivity index (χ4v) is 4.30. The van der Waals surface area contributed by atoms with Crippen LogP contribution in [0.3, 0.4) is 0 Å². The summed E-state index contributed by atoms with van der Waals surface area (Å²) < 4.78 is 28.1. The summed E-state index contributed by atoms with van der Waals surface area (Å²) in [5.41, 5.74) is 0.454. The van der Waals surface area contributed by atoms with Gasteiger partial charge in [-0.25, -0.2) is 8.42 Å². The van der Waals surface area contributed by atoms with Gasteiger partial charge in [0.05, 0.1) is 11.9 Å².